The summed E-state index contributed by atoms with van der Waals surface area (Å²) in [7, 11) is 0. The minimum absolute atomic E-state index is 0.179. The second kappa shape index (κ2) is 6.04. The van der Waals surface area contributed by atoms with E-state index in [1.165, 1.54) is 0 Å². The number of nitrogens with two attached hydrogens (primary N) is 1. The third-order valence-electron chi connectivity index (χ3n) is 3.64. The van der Waals surface area contributed by atoms with Gasteiger partial charge < -0.3 is 10.3 Å². The molecule has 0 radical (unpaired) electrons. The molecule has 0 bridgehead atoms. The van der Waals surface area contributed by atoms with Gasteiger partial charge in [0.1, 0.15) is 11.5 Å². The number of pyridine rings is 1. The first-order valence-electron chi connectivity index (χ1n) is 7.38. The third-order valence-corrected chi connectivity index (χ3v) is 3.64. The number of rotatable bonds is 4. The number of amides is 1. The van der Waals surface area contributed by atoms with Crippen LogP contribution in [0.25, 0.3) is 22.4 Å². The number of nitrogens with zero attached hydrogens (tertiary/aromatic N) is 2. The van der Waals surface area contributed by atoms with Crippen molar-refractivity contribution >= 4 is 5.91 Å². The SMILES string of the molecule is CC(C)c1onc(-c2cccnc2)c1-c1ccc(C(N)=O)cc1. The summed E-state index contributed by atoms with van der Waals surface area (Å²) in [5, 5.41) is 4.23. The zero-order valence-corrected chi connectivity index (χ0v) is 13.0. The highest BCUT2D eigenvalue weighted by molar-refractivity contribution is 5.93. The summed E-state index contributed by atoms with van der Waals surface area (Å²) in [6.07, 6.45) is 3.47. The molecule has 0 aliphatic heterocycles. The molecule has 3 aromatic rings. The summed E-state index contributed by atoms with van der Waals surface area (Å²) in [6.45, 7) is 4.10. The fourth-order valence-corrected chi connectivity index (χ4v) is 2.48. The van der Waals surface area contributed by atoms with Gasteiger partial charge in [-0.15, -0.1) is 0 Å². The molecular weight excluding hydrogens is 290 g/mol. The van der Waals surface area contributed by atoms with E-state index in [1.807, 2.05) is 24.3 Å². The summed E-state index contributed by atoms with van der Waals surface area (Å²) in [5.74, 6) is 0.535. The standard InChI is InChI=1S/C18H17N3O2/c1-11(2)17-15(12-5-7-13(8-6-12)18(19)22)16(21-23-17)14-4-3-9-20-10-14/h3-11H,1-2H3,(H2,19,22). The van der Waals surface area contributed by atoms with Gasteiger partial charge in [0.25, 0.3) is 0 Å². The van der Waals surface area contributed by atoms with Crippen molar-refractivity contribution in [3.63, 3.8) is 0 Å². The van der Waals surface area contributed by atoms with E-state index in [0.717, 1.165) is 28.1 Å². The Morgan fingerprint density at radius 2 is 1.87 bits per heavy atom. The van der Waals surface area contributed by atoms with Crippen molar-refractivity contribution in [1.29, 1.82) is 0 Å². The molecule has 5 nitrogen and oxygen atoms in total. The molecule has 2 heterocycles. The molecule has 0 atom stereocenters. The van der Waals surface area contributed by atoms with Gasteiger partial charge in [-0.3, -0.25) is 9.78 Å². The van der Waals surface area contributed by atoms with Crippen molar-refractivity contribution in [2.75, 3.05) is 0 Å². The summed E-state index contributed by atoms with van der Waals surface area (Å²) >= 11 is 0. The van der Waals surface area contributed by atoms with E-state index in [0.29, 0.717) is 5.56 Å². The van der Waals surface area contributed by atoms with Crippen LogP contribution in [0.5, 0.6) is 0 Å². The maximum absolute atomic E-state index is 11.2. The normalized spacial score (nSPS) is 10.9. The number of carbonyl (C=O) groups is 1. The van der Waals surface area contributed by atoms with Crippen molar-refractivity contribution in [1.82, 2.24) is 10.1 Å². The minimum atomic E-state index is -0.446. The van der Waals surface area contributed by atoms with Gasteiger partial charge >= 0.3 is 0 Å². The Labute approximate surface area is 134 Å². The van der Waals surface area contributed by atoms with Crippen molar-refractivity contribution in [3.8, 4) is 22.4 Å². The highest BCUT2D eigenvalue weighted by Gasteiger charge is 2.21. The summed E-state index contributed by atoms with van der Waals surface area (Å²) in [4.78, 5) is 15.4. The van der Waals surface area contributed by atoms with E-state index >= 15 is 0 Å². The first-order valence-corrected chi connectivity index (χ1v) is 7.38. The highest BCUT2D eigenvalue weighted by Crippen LogP contribution is 2.37. The number of carbonyl (C=O) groups excluding carboxylic acids is 1. The number of hydrogen-bond donors (Lipinski definition) is 1. The van der Waals surface area contributed by atoms with Crippen LogP contribution in [0.3, 0.4) is 0 Å². The fourth-order valence-electron chi connectivity index (χ4n) is 2.48. The van der Waals surface area contributed by atoms with Gasteiger partial charge in [0, 0.05) is 29.4 Å². The van der Waals surface area contributed by atoms with Crippen LogP contribution in [0, 0.1) is 0 Å². The monoisotopic (exact) mass is 307 g/mol. The van der Waals surface area contributed by atoms with Crippen LogP contribution in [-0.2, 0) is 0 Å². The molecule has 0 unspecified atom stereocenters. The van der Waals surface area contributed by atoms with E-state index in [-0.39, 0.29) is 5.92 Å². The Morgan fingerprint density at radius 3 is 2.43 bits per heavy atom. The topological polar surface area (TPSA) is 82.0 Å². The Hall–Kier alpha value is -2.95. The molecule has 0 saturated carbocycles. The summed E-state index contributed by atoms with van der Waals surface area (Å²) < 4.78 is 5.57. The average molecular weight is 307 g/mol. The predicted molar refractivity (Wildman–Crippen MR) is 87.8 cm³/mol. The lowest BCUT2D eigenvalue weighted by Gasteiger charge is -2.07. The lowest BCUT2D eigenvalue weighted by atomic mass is 9.95. The van der Waals surface area contributed by atoms with Crippen molar-refractivity contribution < 1.29 is 9.32 Å². The summed E-state index contributed by atoms with van der Waals surface area (Å²) in [6, 6.07) is 10.9. The maximum Gasteiger partial charge on any atom is 0.248 e. The highest BCUT2D eigenvalue weighted by atomic mass is 16.5. The van der Waals surface area contributed by atoms with Crippen LogP contribution >= 0.6 is 0 Å². The molecule has 2 aromatic heterocycles. The Bertz CT molecular complexity index is 821. The molecule has 23 heavy (non-hydrogen) atoms. The first-order chi connectivity index (χ1) is 11.1. The lowest BCUT2D eigenvalue weighted by molar-refractivity contribution is 0.100. The van der Waals surface area contributed by atoms with Crippen molar-refractivity contribution in [3.05, 3.63) is 60.1 Å². The Balaban J connectivity index is 2.16. The Kier molecular flexibility index (Phi) is 3.93. The van der Waals surface area contributed by atoms with Crippen LogP contribution in [0.15, 0.2) is 53.3 Å². The average Bonchev–Trinajstić information content (AvgIpc) is 3.01. The number of benzene rings is 1. The number of aromatic nitrogens is 2. The van der Waals surface area contributed by atoms with Crippen LogP contribution in [0.1, 0.15) is 35.9 Å². The zero-order chi connectivity index (χ0) is 16.4. The molecule has 1 aromatic carbocycles. The smallest absolute Gasteiger partial charge is 0.248 e. The van der Waals surface area contributed by atoms with E-state index in [2.05, 4.69) is 24.0 Å². The van der Waals surface area contributed by atoms with Crippen LogP contribution in [0.4, 0.5) is 0 Å². The molecule has 0 spiro atoms. The molecule has 2 N–H and O–H groups in total. The second-order valence-corrected chi connectivity index (χ2v) is 5.61. The van der Waals surface area contributed by atoms with Gasteiger partial charge in [-0.25, -0.2) is 0 Å². The van der Waals surface area contributed by atoms with Gasteiger partial charge in [-0.1, -0.05) is 31.1 Å². The van der Waals surface area contributed by atoms with Crippen LogP contribution in [-0.4, -0.2) is 16.0 Å². The zero-order valence-electron chi connectivity index (χ0n) is 13.0. The molecule has 0 saturated heterocycles. The van der Waals surface area contributed by atoms with Crippen LogP contribution in [0.2, 0.25) is 0 Å². The third kappa shape index (κ3) is 2.85. The second-order valence-electron chi connectivity index (χ2n) is 5.61. The van der Waals surface area contributed by atoms with Gasteiger partial charge in [0.2, 0.25) is 5.91 Å². The first kappa shape index (κ1) is 15.0. The van der Waals surface area contributed by atoms with Gasteiger partial charge in [-0.2, -0.15) is 0 Å². The maximum atomic E-state index is 11.2. The predicted octanol–water partition coefficient (Wildman–Crippen LogP) is 3.63. The Morgan fingerprint density at radius 1 is 1.13 bits per heavy atom. The van der Waals surface area contributed by atoms with Crippen molar-refractivity contribution in [2.45, 2.75) is 19.8 Å². The van der Waals surface area contributed by atoms with Crippen molar-refractivity contribution in [2.24, 2.45) is 5.73 Å². The van der Waals surface area contributed by atoms with E-state index < -0.39 is 5.91 Å². The molecule has 1 amide bonds. The van der Waals surface area contributed by atoms with Gasteiger partial charge in [-0.05, 0) is 29.8 Å². The number of primary amides is 1. The molecule has 0 aliphatic carbocycles. The largest absolute Gasteiger partial charge is 0.366 e. The molecule has 3 rings (SSSR count). The van der Waals surface area contributed by atoms with Gasteiger partial charge in [0.15, 0.2) is 0 Å². The van der Waals surface area contributed by atoms with E-state index in [4.69, 9.17) is 10.3 Å². The molecular formula is C18H17N3O2. The fraction of sp³-hybridized carbons (Fsp3) is 0.167. The number of hydrogen-bond acceptors (Lipinski definition) is 4. The van der Waals surface area contributed by atoms with E-state index in [9.17, 15) is 4.79 Å². The quantitative estimate of drug-likeness (QED) is 0.798. The van der Waals surface area contributed by atoms with E-state index in [1.54, 1.807) is 24.5 Å². The van der Waals surface area contributed by atoms with Gasteiger partial charge in [0.05, 0.1) is 5.56 Å². The molecule has 5 heteroatoms. The lowest BCUT2D eigenvalue weighted by Crippen LogP contribution is -2.10. The summed E-state index contributed by atoms with van der Waals surface area (Å²) in [5.41, 5.74) is 9.26. The molecule has 0 aliphatic rings. The minimum Gasteiger partial charge on any atom is -0.366 e. The molecule has 0 fully saturated rings. The van der Waals surface area contributed by atoms with Crippen LogP contribution < -0.4 is 5.73 Å². The molecule has 116 valence electrons.